The third kappa shape index (κ3) is 4.05. The molecule has 2 aliphatic heterocycles. The van der Waals surface area contributed by atoms with Gasteiger partial charge in [-0.25, -0.2) is 8.78 Å². The van der Waals surface area contributed by atoms with Crippen molar-refractivity contribution in [3.05, 3.63) is 60.6 Å². The van der Waals surface area contributed by atoms with E-state index in [2.05, 4.69) is 5.32 Å². The van der Waals surface area contributed by atoms with Crippen molar-refractivity contribution in [1.29, 1.82) is 0 Å². The molecule has 1 aromatic carbocycles. The third-order valence-corrected chi connectivity index (χ3v) is 6.57. The van der Waals surface area contributed by atoms with E-state index in [1.165, 1.54) is 15.8 Å². The Balaban J connectivity index is 1.71. The summed E-state index contributed by atoms with van der Waals surface area (Å²) in [7, 11) is 0. The molecule has 3 heterocycles. The highest BCUT2D eigenvalue weighted by Gasteiger charge is 2.43. The van der Waals surface area contributed by atoms with Crippen LogP contribution < -0.4 is 15.8 Å². The molecule has 0 spiro atoms. The first-order valence-electron chi connectivity index (χ1n) is 10.2. The number of benzene rings is 1. The molecule has 1 saturated heterocycles. The molecule has 0 saturated carbocycles. The molecular weight excluding hydrogens is 553 g/mol. The van der Waals surface area contributed by atoms with E-state index in [0.29, 0.717) is 19.2 Å². The van der Waals surface area contributed by atoms with E-state index < -0.39 is 46.4 Å². The number of rotatable bonds is 4. The second kappa shape index (κ2) is 8.89. The average Bonchev–Trinajstić information content (AvgIpc) is 2.74. The fourth-order valence-electron chi connectivity index (χ4n) is 4.05. The summed E-state index contributed by atoms with van der Waals surface area (Å²) in [6, 6.07) is 1.59. The molecule has 2 aliphatic rings. The van der Waals surface area contributed by atoms with Gasteiger partial charge >= 0.3 is 0 Å². The molecule has 0 radical (unpaired) electrons. The van der Waals surface area contributed by atoms with Gasteiger partial charge < -0.3 is 20.1 Å². The molecule has 2 amide bonds. The van der Waals surface area contributed by atoms with Gasteiger partial charge in [0.1, 0.15) is 23.4 Å². The zero-order valence-electron chi connectivity index (χ0n) is 17.8. The quantitative estimate of drug-likeness (QED) is 0.538. The number of ether oxygens (including phenoxy) is 1. The van der Waals surface area contributed by atoms with E-state index in [9.17, 15) is 28.3 Å². The lowest BCUT2D eigenvalue weighted by molar-refractivity contribution is -0.00498. The first kappa shape index (κ1) is 23.4. The molecule has 1 atom stereocenters. The Hall–Kier alpha value is -2.74. The summed E-state index contributed by atoms with van der Waals surface area (Å²) in [5.41, 5.74) is -1.60. The summed E-state index contributed by atoms with van der Waals surface area (Å²) in [5.74, 6) is -3.84. The number of carbonyl (C=O) groups excluding carboxylic acids is 2. The SMILES string of the molecule is CC(C)N1C(=O)c2c(O)c(=O)c(C(=O)NCc3c(F)cc(F)cc3I)cn2N2CCOC[C@@H]12. The monoisotopic (exact) mass is 574 g/mol. The molecular formula is C21H21F2IN4O5. The molecule has 12 heteroatoms. The van der Waals surface area contributed by atoms with Gasteiger partial charge in [-0.15, -0.1) is 0 Å². The number of morpholine rings is 1. The van der Waals surface area contributed by atoms with Gasteiger partial charge in [-0.05, 0) is 42.5 Å². The van der Waals surface area contributed by atoms with Gasteiger partial charge in [0, 0.05) is 34.0 Å². The fourth-order valence-corrected chi connectivity index (χ4v) is 4.80. The van der Waals surface area contributed by atoms with Crippen LogP contribution in [-0.2, 0) is 11.3 Å². The Labute approximate surface area is 201 Å². The smallest absolute Gasteiger partial charge is 0.278 e. The molecule has 2 N–H and O–H groups in total. The second-order valence-electron chi connectivity index (χ2n) is 7.97. The Kier molecular flexibility index (Phi) is 6.31. The number of fused-ring (bicyclic) bond motifs is 3. The predicted octanol–water partition coefficient (Wildman–Crippen LogP) is 1.53. The van der Waals surface area contributed by atoms with Crippen LogP contribution >= 0.6 is 22.6 Å². The maximum atomic E-state index is 14.1. The summed E-state index contributed by atoms with van der Waals surface area (Å²) in [4.78, 5) is 40.2. The second-order valence-corrected chi connectivity index (χ2v) is 9.13. The van der Waals surface area contributed by atoms with Gasteiger partial charge in [0.2, 0.25) is 5.43 Å². The summed E-state index contributed by atoms with van der Waals surface area (Å²) in [5, 5.41) is 14.8. The molecule has 2 aromatic rings. The van der Waals surface area contributed by atoms with Gasteiger partial charge in [0.25, 0.3) is 11.8 Å². The largest absolute Gasteiger partial charge is 0.502 e. The van der Waals surface area contributed by atoms with Crippen LogP contribution in [0.25, 0.3) is 0 Å². The molecule has 0 aliphatic carbocycles. The molecule has 1 aromatic heterocycles. The molecule has 4 rings (SSSR count). The van der Waals surface area contributed by atoms with Crippen LogP contribution in [0.4, 0.5) is 8.78 Å². The first-order valence-corrected chi connectivity index (χ1v) is 11.3. The Morgan fingerprint density at radius 1 is 1.33 bits per heavy atom. The Bertz CT molecular complexity index is 1180. The first-order chi connectivity index (χ1) is 15.6. The van der Waals surface area contributed by atoms with Crippen molar-refractivity contribution in [3.63, 3.8) is 0 Å². The van der Waals surface area contributed by atoms with Crippen LogP contribution in [0.1, 0.15) is 40.3 Å². The number of aromatic hydroxyl groups is 1. The van der Waals surface area contributed by atoms with E-state index in [-0.39, 0.29) is 34.0 Å². The standard InChI is InChI=1S/C21H21F2IN4O5/c1-10(2)28-16-9-33-4-3-26(16)27-8-13(18(29)19(30)17(27)21(28)32)20(31)25-7-12-14(23)5-11(22)6-15(12)24/h5-6,8,10,16,30H,3-4,7,9H2,1-2H3,(H,25,31)/t16-/m1/s1. The van der Waals surface area contributed by atoms with Crippen molar-refractivity contribution < 1.29 is 28.2 Å². The topological polar surface area (TPSA) is 104 Å². The van der Waals surface area contributed by atoms with Gasteiger partial charge in [-0.2, -0.15) is 0 Å². The minimum absolute atomic E-state index is 0.0589. The number of carbonyl (C=O) groups is 2. The molecule has 33 heavy (non-hydrogen) atoms. The number of nitrogens with one attached hydrogen (secondary N) is 1. The van der Waals surface area contributed by atoms with E-state index in [4.69, 9.17) is 4.74 Å². The number of hydrogen-bond donors (Lipinski definition) is 2. The fraction of sp³-hybridized carbons (Fsp3) is 0.381. The summed E-state index contributed by atoms with van der Waals surface area (Å²) < 4.78 is 34.5. The lowest BCUT2D eigenvalue weighted by Gasteiger charge is -2.49. The van der Waals surface area contributed by atoms with E-state index in [0.717, 1.165) is 6.07 Å². The maximum Gasteiger partial charge on any atom is 0.278 e. The summed E-state index contributed by atoms with van der Waals surface area (Å²) in [6.45, 7) is 4.26. The number of amides is 2. The molecule has 9 nitrogen and oxygen atoms in total. The normalized spacial score (nSPS) is 17.8. The summed E-state index contributed by atoms with van der Waals surface area (Å²) >= 11 is 1.75. The Morgan fingerprint density at radius 3 is 2.73 bits per heavy atom. The van der Waals surface area contributed by atoms with Crippen LogP contribution in [-0.4, -0.2) is 58.5 Å². The van der Waals surface area contributed by atoms with Crippen LogP contribution in [0.3, 0.4) is 0 Å². The number of aromatic nitrogens is 1. The van der Waals surface area contributed by atoms with Crippen molar-refractivity contribution in [1.82, 2.24) is 14.9 Å². The highest BCUT2D eigenvalue weighted by Crippen LogP contribution is 2.28. The van der Waals surface area contributed by atoms with Gasteiger partial charge in [0.15, 0.2) is 11.4 Å². The highest BCUT2D eigenvalue weighted by molar-refractivity contribution is 14.1. The number of nitrogens with zero attached hydrogens (tertiary/aromatic N) is 3. The molecule has 176 valence electrons. The van der Waals surface area contributed by atoms with Crippen LogP contribution in [0.2, 0.25) is 0 Å². The number of hydrogen-bond acceptors (Lipinski definition) is 6. The highest BCUT2D eigenvalue weighted by atomic mass is 127. The minimum atomic E-state index is -1.02. The summed E-state index contributed by atoms with van der Waals surface area (Å²) in [6.07, 6.45) is 0.721. The van der Waals surface area contributed by atoms with Crippen LogP contribution in [0, 0.1) is 15.2 Å². The van der Waals surface area contributed by atoms with Crippen molar-refractivity contribution in [3.8, 4) is 5.75 Å². The molecule has 0 bridgehead atoms. The van der Waals surface area contributed by atoms with Crippen LogP contribution in [0.15, 0.2) is 23.1 Å². The van der Waals surface area contributed by atoms with Crippen molar-refractivity contribution in [2.75, 3.05) is 24.8 Å². The van der Waals surface area contributed by atoms with Gasteiger partial charge in [-0.1, -0.05) is 0 Å². The van der Waals surface area contributed by atoms with Crippen LogP contribution in [0.5, 0.6) is 5.75 Å². The number of pyridine rings is 1. The minimum Gasteiger partial charge on any atom is -0.502 e. The average molecular weight is 574 g/mol. The van der Waals surface area contributed by atoms with E-state index in [1.807, 2.05) is 13.8 Å². The van der Waals surface area contributed by atoms with Gasteiger partial charge in [0.05, 0.1) is 19.8 Å². The van der Waals surface area contributed by atoms with Crippen molar-refractivity contribution >= 4 is 34.4 Å². The number of halogens is 3. The zero-order chi connectivity index (χ0) is 24.0. The van der Waals surface area contributed by atoms with E-state index in [1.54, 1.807) is 27.6 Å². The molecule has 0 unspecified atom stereocenters. The third-order valence-electron chi connectivity index (χ3n) is 5.61. The van der Waals surface area contributed by atoms with Crippen molar-refractivity contribution in [2.45, 2.75) is 32.6 Å². The zero-order valence-corrected chi connectivity index (χ0v) is 19.9. The Morgan fingerprint density at radius 2 is 2.06 bits per heavy atom. The molecule has 1 fully saturated rings. The maximum absolute atomic E-state index is 14.1. The van der Waals surface area contributed by atoms with Gasteiger partial charge in [-0.3, -0.25) is 24.1 Å². The lowest BCUT2D eigenvalue weighted by Crippen LogP contribution is -2.67. The lowest BCUT2D eigenvalue weighted by atomic mass is 10.1. The van der Waals surface area contributed by atoms with Crippen molar-refractivity contribution in [2.24, 2.45) is 0 Å². The van der Waals surface area contributed by atoms with E-state index >= 15 is 0 Å². The predicted molar refractivity (Wildman–Crippen MR) is 122 cm³/mol.